The van der Waals surface area contributed by atoms with Gasteiger partial charge in [0.2, 0.25) is 0 Å². The molecule has 1 aliphatic rings. The molecule has 0 radical (unpaired) electrons. The minimum absolute atomic E-state index is 0.00463. The molecule has 0 saturated heterocycles. The van der Waals surface area contributed by atoms with E-state index < -0.39 is 0 Å². The van der Waals surface area contributed by atoms with Gasteiger partial charge in [0.25, 0.3) is 0 Å². The highest BCUT2D eigenvalue weighted by Gasteiger charge is 2.49. The van der Waals surface area contributed by atoms with Gasteiger partial charge in [0.15, 0.2) is 5.78 Å². The molecule has 1 aliphatic carbocycles. The molecule has 1 atom stereocenters. The van der Waals surface area contributed by atoms with E-state index in [1.807, 2.05) is 6.92 Å². The molecule has 0 aromatic rings. The van der Waals surface area contributed by atoms with Crippen molar-refractivity contribution in [2.45, 2.75) is 40.0 Å². The van der Waals surface area contributed by atoms with Crippen molar-refractivity contribution in [2.75, 3.05) is 6.61 Å². The number of rotatable bonds is 2. The fourth-order valence-corrected chi connectivity index (χ4v) is 2.19. The average Bonchev–Trinajstić information content (AvgIpc) is 2.26. The molecule has 0 aromatic heterocycles. The minimum Gasteiger partial charge on any atom is -0.389 e. The van der Waals surface area contributed by atoms with Gasteiger partial charge in [0, 0.05) is 5.41 Å². The van der Waals surface area contributed by atoms with Crippen LogP contribution in [-0.2, 0) is 4.79 Å². The van der Waals surface area contributed by atoms with Gasteiger partial charge in [-0.3, -0.25) is 4.79 Å². The SMILES string of the molecule is CC1(C)CCC[C@]1(C)C(=O)CO. The highest BCUT2D eigenvalue weighted by atomic mass is 16.3. The molecule has 0 spiro atoms. The summed E-state index contributed by atoms with van der Waals surface area (Å²) < 4.78 is 0. The summed E-state index contributed by atoms with van der Waals surface area (Å²) in [4.78, 5) is 11.5. The van der Waals surface area contributed by atoms with E-state index in [1.165, 1.54) is 0 Å². The Hall–Kier alpha value is -0.370. The van der Waals surface area contributed by atoms with Crippen molar-refractivity contribution in [3.63, 3.8) is 0 Å². The second kappa shape index (κ2) is 2.84. The predicted molar refractivity (Wildman–Crippen MR) is 47.8 cm³/mol. The molecule has 2 nitrogen and oxygen atoms in total. The Morgan fingerprint density at radius 2 is 1.92 bits per heavy atom. The minimum atomic E-state index is -0.306. The van der Waals surface area contributed by atoms with Crippen LogP contribution in [0.4, 0.5) is 0 Å². The lowest BCUT2D eigenvalue weighted by atomic mass is 9.67. The number of hydrogen-bond donors (Lipinski definition) is 1. The summed E-state index contributed by atoms with van der Waals surface area (Å²) in [5.41, 5.74) is -0.228. The topological polar surface area (TPSA) is 37.3 Å². The zero-order valence-electron chi connectivity index (χ0n) is 8.18. The largest absolute Gasteiger partial charge is 0.389 e. The van der Waals surface area contributed by atoms with Crippen LogP contribution in [-0.4, -0.2) is 17.5 Å². The first-order valence-electron chi connectivity index (χ1n) is 4.58. The van der Waals surface area contributed by atoms with E-state index in [9.17, 15) is 4.79 Å². The van der Waals surface area contributed by atoms with Crippen LogP contribution in [0.15, 0.2) is 0 Å². The van der Waals surface area contributed by atoms with Gasteiger partial charge in [-0.2, -0.15) is 0 Å². The van der Waals surface area contributed by atoms with Crippen LogP contribution in [0.2, 0.25) is 0 Å². The van der Waals surface area contributed by atoms with Crippen molar-refractivity contribution >= 4 is 5.78 Å². The maximum Gasteiger partial charge on any atom is 0.164 e. The molecule has 2 heteroatoms. The normalized spacial score (nSPS) is 33.7. The smallest absolute Gasteiger partial charge is 0.164 e. The van der Waals surface area contributed by atoms with Crippen LogP contribution in [0.3, 0.4) is 0 Å². The molecule has 1 saturated carbocycles. The Morgan fingerprint density at radius 1 is 1.33 bits per heavy atom. The van der Waals surface area contributed by atoms with E-state index in [0.29, 0.717) is 0 Å². The van der Waals surface area contributed by atoms with Crippen molar-refractivity contribution < 1.29 is 9.90 Å². The summed E-state index contributed by atoms with van der Waals surface area (Å²) in [5, 5.41) is 8.84. The van der Waals surface area contributed by atoms with Crippen molar-refractivity contribution in [2.24, 2.45) is 10.8 Å². The Balaban J connectivity index is 2.90. The van der Waals surface area contributed by atoms with Crippen LogP contribution in [0.1, 0.15) is 40.0 Å². The van der Waals surface area contributed by atoms with E-state index in [0.717, 1.165) is 19.3 Å². The number of hydrogen-bond acceptors (Lipinski definition) is 2. The lowest BCUT2D eigenvalue weighted by Gasteiger charge is -2.36. The molecule has 0 unspecified atom stereocenters. The Bertz CT molecular complexity index is 196. The van der Waals surface area contributed by atoms with Gasteiger partial charge in [0.05, 0.1) is 0 Å². The number of carbonyl (C=O) groups excluding carboxylic acids is 1. The second-order valence-corrected chi connectivity index (χ2v) is 4.65. The number of aliphatic hydroxyl groups is 1. The fraction of sp³-hybridized carbons (Fsp3) is 0.900. The summed E-state index contributed by atoms with van der Waals surface area (Å²) in [5.74, 6) is 0.00463. The Labute approximate surface area is 74.0 Å². The van der Waals surface area contributed by atoms with Crippen LogP contribution in [0.5, 0.6) is 0 Å². The molecule has 1 fully saturated rings. The fourth-order valence-electron chi connectivity index (χ4n) is 2.19. The number of Topliss-reactive ketones (excluding diaryl/α,β-unsaturated/α-hetero) is 1. The molecule has 0 heterocycles. The van der Waals surface area contributed by atoms with Crippen LogP contribution >= 0.6 is 0 Å². The van der Waals surface area contributed by atoms with Crippen molar-refractivity contribution in [3.05, 3.63) is 0 Å². The van der Waals surface area contributed by atoms with Crippen LogP contribution in [0.25, 0.3) is 0 Å². The summed E-state index contributed by atoms with van der Waals surface area (Å²) in [6.45, 7) is 5.92. The molecular weight excluding hydrogens is 152 g/mol. The maximum absolute atomic E-state index is 11.5. The first-order valence-corrected chi connectivity index (χ1v) is 4.58. The van der Waals surface area contributed by atoms with E-state index in [2.05, 4.69) is 13.8 Å². The molecule has 0 amide bonds. The summed E-state index contributed by atoms with van der Waals surface area (Å²) in [6.07, 6.45) is 3.13. The molecule has 0 aliphatic heterocycles. The molecule has 70 valence electrons. The standard InChI is InChI=1S/C10H18O2/c1-9(2)5-4-6-10(9,3)8(12)7-11/h11H,4-7H2,1-3H3/t10-/m1/s1. The molecule has 12 heavy (non-hydrogen) atoms. The third kappa shape index (κ3) is 1.18. The predicted octanol–water partition coefficient (Wildman–Crippen LogP) is 1.76. The summed E-state index contributed by atoms with van der Waals surface area (Å²) in [7, 11) is 0. The molecule has 1 rings (SSSR count). The second-order valence-electron chi connectivity index (χ2n) is 4.65. The van der Waals surface area contributed by atoms with Crippen molar-refractivity contribution in [1.82, 2.24) is 0 Å². The molecule has 1 N–H and O–H groups in total. The Morgan fingerprint density at radius 3 is 2.25 bits per heavy atom. The average molecular weight is 170 g/mol. The quantitative estimate of drug-likeness (QED) is 0.685. The number of carbonyl (C=O) groups is 1. The van der Waals surface area contributed by atoms with Crippen LogP contribution in [0, 0.1) is 10.8 Å². The lowest BCUT2D eigenvalue weighted by molar-refractivity contribution is -0.135. The first-order chi connectivity index (χ1) is 5.44. The summed E-state index contributed by atoms with van der Waals surface area (Å²) in [6, 6.07) is 0. The van der Waals surface area contributed by atoms with Gasteiger partial charge >= 0.3 is 0 Å². The number of ketones is 1. The molecular formula is C10H18O2. The lowest BCUT2D eigenvalue weighted by Crippen LogP contribution is -2.39. The highest BCUT2D eigenvalue weighted by Crippen LogP contribution is 2.52. The summed E-state index contributed by atoms with van der Waals surface area (Å²) >= 11 is 0. The van der Waals surface area contributed by atoms with Gasteiger partial charge in [-0.05, 0) is 18.3 Å². The zero-order chi connectivity index (χ0) is 9.41. The van der Waals surface area contributed by atoms with Gasteiger partial charge in [0.1, 0.15) is 6.61 Å². The van der Waals surface area contributed by atoms with E-state index >= 15 is 0 Å². The number of aliphatic hydroxyl groups excluding tert-OH is 1. The van der Waals surface area contributed by atoms with Crippen LogP contribution < -0.4 is 0 Å². The van der Waals surface area contributed by atoms with E-state index in [4.69, 9.17) is 5.11 Å². The monoisotopic (exact) mass is 170 g/mol. The Kier molecular flexibility index (Phi) is 2.30. The van der Waals surface area contributed by atoms with Gasteiger partial charge in [-0.15, -0.1) is 0 Å². The van der Waals surface area contributed by atoms with E-state index in [1.54, 1.807) is 0 Å². The van der Waals surface area contributed by atoms with E-state index in [-0.39, 0.29) is 23.2 Å². The third-order valence-corrected chi connectivity index (χ3v) is 3.73. The molecule has 0 bridgehead atoms. The molecule has 0 aromatic carbocycles. The zero-order valence-corrected chi connectivity index (χ0v) is 8.18. The van der Waals surface area contributed by atoms with Crippen molar-refractivity contribution in [3.8, 4) is 0 Å². The van der Waals surface area contributed by atoms with Gasteiger partial charge < -0.3 is 5.11 Å². The van der Waals surface area contributed by atoms with Crippen molar-refractivity contribution in [1.29, 1.82) is 0 Å². The third-order valence-electron chi connectivity index (χ3n) is 3.73. The maximum atomic E-state index is 11.5. The first kappa shape index (κ1) is 9.72. The van der Waals surface area contributed by atoms with Gasteiger partial charge in [-0.1, -0.05) is 27.2 Å². The highest BCUT2D eigenvalue weighted by molar-refractivity contribution is 5.86. The van der Waals surface area contributed by atoms with Gasteiger partial charge in [-0.25, -0.2) is 0 Å².